The smallest absolute Gasteiger partial charge is 0.247 e. The summed E-state index contributed by atoms with van der Waals surface area (Å²) in [5.74, 6) is -1.82. The summed E-state index contributed by atoms with van der Waals surface area (Å²) in [4.78, 5) is 43.2. The molecule has 2 amide bonds. The van der Waals surface area contributed by atoms with Gasteiger partial charge in [0.2, 0.25) is 11.8 Å². The standard InChI is InChI=1S/C25H20FN3O3/c26-18-6-11-21(12-7-18)29(24(32)25(14-15-25)23(27)31)20-9-4-17(5-10-20)22(30)13-8-19-3-1-2-16-28-19/h1-13,16H,14-15H2,(H2,27,31)/b13-8+. The summed E-state index contributed by atoms with van der Waals surface area (Å²) in [5, 5.41) is 0. The molecule has 6 nitrogen and oxygen atoms in total. The Hall–Kier alpha value is -4.13. The van der Waals surface area contributed by atoms with Crippen molar-refractivity contribution in [3.05, 3.63) is 96.1 Å². The molecule has 1 aromatic heterocycles. The summed E-state index contributed by atoms with van der Waals surface area (Å²) >= 11 is 0. The molecule has 0 radical (unpaired) electrons. The molecule has 2 aromatic carbocycles. The van der Waals surface area contributed by atoms with Crippen LogP contribution in [0.5, 0.6) is 0 Å². The first-order valence-corrected chi connectivity index (χ1v) is 10.0. The molecule has 0 spiro atoms. The van der Waals surface area contributed by atoms with Crippen LogP contribution in [0.4, 0.5) is 15.8 Å². The molecular weight excluding hydrogens is 409 g/mol. The Morgan fingerprint density at radius 2 is 1.56 bits per heavy atom. The van der Waals surface area contributed by atoms with Crippen molar-refractivity contribution in [2.24, 2.45) is 11.1 Å². The number of hydrogen-bond donors (Lipinski definition) is 1. The minimum absolute atomic E-state index is 0.224. The lowest BCUT2D eigenvalue weighted by atomic mass is 10.0. The van der Waals surface area contributed by atoms with Crippen LogP contribution in [0.3, 0.4) is 0 Å². The van der Waals surface area contributed by atoms with Crippen LogP contribution in [0.15, 0.2) is 79.0 Å². The molecule has 3 aromatic rings. The maximum absolute atomic E-state index is 13.4. The number of nitrogens with two attached hydrogens (primary N) is 1. The van der Waals surface area contributed by atoms with Crippen LogP contribution >= 0.6 is 0 Å². The molecule has 32 heavy (non-hydrogen) atoms. The van der Waals surface area contributed by atoms with E-state index in [1.54, 1.807) is 48.7 Å². The Balaban J connectivity index is 1.62. The predicted octanol–water partition coefficient (Wildman–Crippen LogP) is 4.05. The van der Waals surface area contributed by atoms with Gasteiger partial charge < -0.3 is 5.73 Å². The first kappa shape index (κ1) is 21.1. The fourth-order valence-electron chi connectivity index (χ4n) is 3.39. The van der Waals surface area contributed by atoms with E-state index in [9.17, 15) is 18.8 Å². The largest absolute Gasteiger partial charge is 0.369 e. The summed E-state index contributed by atoms with van der Waals surface area (Å²) in [5.41, 5.74) is 6.16. The minimum Gasteiger partial charge on any atom is -0.369 e. The Kier molecular flexibility index (Phi) is 5.64. The van der Waals surface area contributed by atoms with Crippen molar-refractivity contribution in [1.82, 2.24) is 4.98 Å². The summed E-state index contributed by atoms with van der Waals surface area (Å²) in [6.07, 6.45) is 5.42. The zero-order chi connectivity index (χ0) is 22.7. The van der Waals surface area contributed by atoms with E-state index in [4.69, 9.17) is 5.73 Å². The van der Waals surface area contributed by atoms with Crippen molar-refractivity contribution in [3.63, 3.8) is 0 Å². The Morgan fingerprint density at radius 3 is 2.09 bits per heavy atom. The number of benzene rings is 2. The van der Waals surface area contributed by atoms with Gasteiger partial charge in [0, 0.05) is 23.1 Å². The van der Waals surface area contributed by atoms with E-state index in [1.165, 1.54) is 35.2 Å². The number of carbonyl (C=O) groups excluding carboxylic acids is 3. The second-order valence-corrected chi connectivity index (χ2v) is 7.56. The van der Waals surface area contributed by atoms with Crippen LogP contribution in [0.2, 0.25) is 0 Å². The maximum Gasteiger partial charge on any atom is 0.247 e. The second kappa shape index (κ2) is 8.55. The van der Waals surface area contributed by atoms with Gasteiger partial charge in [-0.3, -0.25) is 24.3 Å². The van der Waals surface area contributed by atoms with Gasteiger partial charge >= 0.3 is 0 Å². The van der Waals surface area contributed by atoms with Gasteiger partial charge in [-0.05, 0) is 85.7 Å². The first-order valence-electron chi connectivity index (χ1n) is 10.0. The number of hydrogen-bond acceptors (Lipinski definition) is 4. The SMILES string of the molecule is NC(=O)C1(C(=O)N(c2ccc(F)cc2)c2ccc(C(=O)/C=C/c3ccccn3)cc2)CC1. The van der Waals surface area contributed by atoms with E-state index in [1.807, 2.05) is 6.07 Å². The Labute approximate surface area is 184 Å². The summed E-state index contributed by atoms with van der Waals surface area (Å²) in [7, 11) is 0. The van der Waals surface area contributed by atoms with Crippen molar-refractivity contribution >= 4 is 35.0 Å². The Bertz CT molecular complexity index is 1190. The number of aromatic nitrogens is 1. The number of amides is 2. The molecule has 0 aliphatic heterocycles. The average molecular weight is 429 g/mol. The van der Waals surface area contributed by atoms with Gasteiger partial charge in [0.1, 0.15) is 11.2 Å². The van der Waals surface area contributed by atoms with Crippen molar-refractivity contribution < 1.29 is 18.8 Å². The molecule has 1 aliphatic carbocycles. The first-order chi connectivity index (χ1) is 15.4. The van der Waals surface area contributed by atoms with E-state index in [0.717, 1.165) is 0 Å². The van der Waals surface area contributed by atoms with Crippen LogP contribution < -0.4 is 10.6 Å². The summed E-state index contributed by atoms with van der Waals surface area (Å²) in [6, 6.07) is 17.2. The number of rotatable bonds is 7. The third-order valence-corrected chi connectivity index (χ3v) is 5.42. The molecule has 1 aliphatic rings. The fourth-order valence-corrected chi connectivity index (χ4v) is 3.39. The highest BCUT2D eigenvalue weighted by atomic mass is 19.1. The molecule has 0 unspecified atom stereocenters. The lowest BCUT2D eigenvalue weighted by molar-refractivity contribution is -0.133. The highest BCUT2D eigenvalue weighted by Gasteiger charge is 2.57. The van der Waals surface area contributed by atoms with E-state index in [-0.39, 0.29) is 5.78 Å². The quantitative estimate of drug-likeness (QED) is 0.348. The maximum atomic E-state index is 13.4. The van der Waals surface area contributed by atoms with Crippen molar-refractivity contribution in [2.45, 2.75) is 12.8 Å². The molecule has 1 fully saturated rings. The Morgan fingerprint density at radius 1 is 0.938 bits per heavy atom. The van der Waals surface area contributed by atoms with Gasteiger partial charge in [-0.15, -0.1) is 0 Å². The number of allylic oxidation sites excluding steroid dienone is 1. The van der Waals surface area contributed by atoms with E-state index in [0.29, 0.717) is 35.5 Å². The number of halogens is 1. The molecule has 0 saturated heterocycles. The second-order valence-electron chi connectivity index (χ2n) is 7.56. The lowest BCUT2D eigenvalue weighted by Gasteiger charge is -2.26. The number of carbonyl (C=O) groups is 3. The molecule has 1 saturated carbocycles. The summed E-state index contributed by atoms with van der Waals surface area (Å²) < 4.78 is 13.4. The zero-order valence-electron chi connectivity index (χ0n) is 17.1. The van der Waals surface area contributed by atoms with Crippen LogP contribution in [-0.2, 0) is 9.59 Å². The molecule has 4 rings (SSSR count). The number of nitrogens with zero attached hydrogens (tertiary/aromatic N) is 2. The normalized spacial score (nSPS) is 14.2. The molecular formula is C25H20FN3O3. The number of primary amides is 1. The van der Waals surface area contributed by atoms with Crippen LogP contribution in [0.25, 0.3) is 6.08 Å². The van der Waals surface area contributed by atoms with Crippen molar-refractivity contribution in [2.75, 3.05) is 4.90 Å². The minimum atomic E-state index is -1.26. The third-order valence-electron chi connectivity index (χ3n) is 5.42. The number of pyridine rings is 1. The fraction of sp³-hybridized carbons (Fsp3) is 0.120. The van der Waals surface area contributed by atoms with Gasteiger partial charge in [0.05, 0.1) is 5.69 Å². The molecule has 160 valence electrons. The predicted molar refractivity (Wildman–Crippen MR) is 118 cm³/mol. The molecule has 7 heteroatoms. The molecule has 0 bridgehead atoms. The van der Waals surface area contributed by atoms with E-state index in [2.05, 4.69) is 4.98 Å². The van der Waals surface area contributed by atoms with Crippen LogP contribution in [-0.4, -0.2) is 22.6 Å². The zero-order valence-corrected chi connectivity index (χ0v) is 17.1. The van der Waals surface area contributed by atoms with Crippen LogP contribution in [0.1, 0.15) is 28.9 Å². The third kappa shape index (κ3) is 4.18. The average Bonchev–Trinajstić information content (AvgIpc) is 3.62. The monoisotopic (exact) mass is 429 g/mol. The van der Waals surface area contributed by atoms with Gasteiger partial charge in [-0.1, -0.05) is 6.07 Å². The van der Waals surface area contributed by atoms with Gasteiger partial charge in [0.25, 0.3) is 0 Å². The van der Waals surface area contributed by atoms with Gasteiger partial charge in [-0.2, -0.15) is 0 Å². The number of ketones is 1. The van der Waals surface area contributed by atoms with Crippen LogP contribution in [0, 0.1) is 11.2 Å². The summed E-state index contributed by atoms with van der Waals surface area (Å²) in [6.45, 7) is 0. The van der Waals surface area contributed by atoms with E-state index >= 15 is 0 Å². The topological polar surface area (TPSA) is 93.4 Å². The van der Waals surface area contributed by atoms with Gasteiger partial charge in [0.15, 0.2) is 5.78 Å². The highest BCUT2D eigenvalue weighted by Crippen LogP contribution is 2.49. The lowest BCUT2D eigenvalue weighted by Crippen LogP contribution is -2.41. The van der Waals surface area contributed by atoms with E-state index < -0.39 is 23.0 Å². The number of anilines is 2. The van der Waals surface area contributed by atoms with Crippen molar-refractivity contribution in [1.29, 1.82) is 0 Å². The molecule has 1 heterocycles. The molecule has 2 N–H and O–H groups in total. The van der Waals surface area contributed by atoms with Gasteiger partial charge in [-0.25, -0.2) is 4.39 Å². The molecule has 0 atom stereocenters. The highest BCUT2D eigenvalue weighted by molar-refractivity contribution is 6.16. The van der Waals surface area contributed by atoms with Crippen molar-refractivity contribution in [3.8, 4) is 0 Å².